The van der Waals surface area contributed by atoms with E-state index in [1.165, 1.54) is 0 Å². The molecule has 6 aromatic rings. The van der Waals surface area contributed by atoms with Crippen molar-refractivity contribution in [1.82, 2.24) is 5.32 Å². The van der Waals surface area contributed by atoms with Gasteiger partial charge in [0.1, 0.15) is 6.10 Å². The molecular weight excluding hydrogens is 558 g/mol. The van der Waals surface area contributed by atoms with Gasteiger partial charge in [-0.05, 0) is 57.3 Å². The van der Waals surface area contributed by atoms with Crippen LogP contribution in [0.15, 0.2) is 152 Å². The summed E-state index contributed by atoms with van der Waals surface area (Å²) in [6.45, 7) is 0.533. The van der Waals surface area contributed by atoms with Crippen LogP contribution in [-0.4, -0.2) is 11.9 Å². The number of para-hydroxylation sites is 1. The molecule has 3 N–H and O–H groups in total. The summed E-state index contributed by atoms with van der Waals surface area (Å²) in [5, 5.41) is 11.0. The fourth-order valence-electron chi connectivity index (χ4n) is 5.34. The Kier molecular flexibility index (Phi) is 9.24. The number of urea groups is 1. The number of carbonyl (C=O) groups is 2. The first-order valence-electron chi connectivity index (χ1n) is 14.9. The van der Waals surface area contributed by atoms with Gasteiger partial charge >= 0.3 is 6.03 Å². The van der Waals surface area contributed by atoms with Gasteiger partial charge in [-0.25, -0.2) is 4.79 Å². The molecule has 0 unspecified atom stereocenters. The Morgan fingerprint density at radius 1 is 0.578 bits per heavy atom. The molecule has 0 aliphatic carbocycles. The van der Waals surface area contributed by atoms with Crippen LogP contribution in [0.5, 0.6) is 0 Å². The van der Waals surface area contributed by atoms with Crippen LogP contribution in [0.4, 0.5) is 16.2 Å². The molecule has 0 bridgehead atoms. The molecule has 222 valence electrons. The van der Waals surface area contributed by atoms with Crippen LogP contribution < -0.4 is 16.0 Å². The Balaban J connectivity index is 1.26. The number of fused-ring (bicyclic) bond motifs is 1. The van der Waals surface area contributed by atoms with Gasteiger partial charge in [-0.15, -0.1) is 0 Å². The van der Waals surface area contributed by atoms with Crippen molar-refractivity contribution in [2.45, 2.75) is 19.3 Å². The second-order valence-corrected chi connectivity index (χ2v) is 10.7. The van der Waals surface area contributed by atoms with Crippen molar-refractivity contribution < 1.29 is 14.3 Å². The Bertz CT molecular complexity index is 1850. The summed E-state index contributed by atoms with van der Waals surface area (Å²) in [5.74, 6) is -0.260. The fraction of sp³-hybridized carbons (Fsp3) is 0.0769. The van der Waals surface area contributed by atoms with Gasteiger partial charge in [0.2, 0.25) is 0 Å². The molecule has 6 nitrogen and oxygen atoms in total. The lowest BCUT2D eigenvalue weighted by Gasteiger charge is -2.20. The van der Waals surface area contributed by atoms with E-state index in [9.17, 15) is 9.59 Å². The highest BCUT2D eigenvalue weighted by molar-refractivity contribution is 6.02. The van der Waals surface area contributed by atoms with Gasteiger partial charge in [0, 0.05) is 23.5 Å². The molecule has 0 atom stereocenters. The molecule has 6 aromatic carbocycles. The zero-order chi connectivity index (χ0) is 30.8. The third kappa shape index (κ3) is 7.44. The van der Waals surface area contributed by atoms with Crippen molar-refractivity contribution in [3.05, 3.63) is 179 Å². The van der Waals surface area contributed by atoms with Crippen LogP contribution >= 0.6 is 0 Å². The van der Waals surface area contributed by atoms with Crippen molar-refractivity contribution in [3.63, 3.8) is 0 Å². The number of rotatable bonds is 10. The maximum Gasteiger partial charge on any atom is 0.323 e. The van der Waals surface area contributed by atoms with E-state index >= 15 is 0 Å². The maximum atomic E-state index is 13.8. The summed E-state index contributed by atoms with van der Waals surface area (Å²) >= 11 is 0. The zero-order valence-corrected chi connectivity index (χ0v) is 24.7. The third-order valence-electron chi connectivity index (χ3n) is 7.57. The van der Waals surface area contributed by atoms with Gasteiger partial charge < -0.3 is 20.7 Å². The van der Waals surface area contributed by atoms with E-state index in [2.05, 4.69) is 34.1 Å². The van der Waals surface area contributed by atoms with E-state index in [0.29, 0.717) is 29.0 Å². The average Bonchev–Trinajstić information content (AvgIpc) is 3.09. The van der Waals surface area contributed by atoms with Crippen molar-refractivity contribution in [3.8, 4) is 0 Å². The number of nitrogens with one attached hydrogen (secondary N) is 3. The van der Waals surface area contributed by atoms with Gasteiger partial charge in [-0.3, -0.25) is 4.79 Å². The molecule has 0 radical (unpaired) electrons. The topological polar surface area (TPSA) is 79.5 Å². The molecule has 0 aromatic heterocycles. The molecule has 0 aliphatic heterocycles. The molecule has 0 saturated heterocycles. The average molecular weight is 592 g/mol. The number of amides is 3. The number of ether oxygens (including phenoxy) is 1. The van der Waals surface area contributed by atoms with Gasteiger partial charge in [-0.1, -0.05) is 127 Å². The third-order valence-corrected chi connectivity index (χ3v) is 7.57. The van der Waals surface area contributed by atoms with Crippen molar-refractivity contribution in [2.75, 3.05) is 10.6 Å². The van der Waals surface area contributed by atoms with Crippen molar-refractivity contribution in [2.24, 2.45) is 0 Å². The van der Waals surface area contributed by atoms with E-state index in [1.54, 1.807) is 12.1 Å². The molecule has 45 heavy (non-hydrogen) atoms. The summed E-state index contributed by atoms with van der Waals surface area (Å²) < 4.78 is 6.53. The van der Waals surface area contributed by atoms with Crippen LogP contribution in [0.2, 0.25) is 0 Å². The fourth-order valence-corrected chi connectivity index (χ4v) is 5.34. The highest BCUT2D eigenvalue weighted by Gasteiger charge is 2.19. The number of carbonyl (C=O) groups excluding carboxylic acids is 2. The summed E-state index contributed by atoms with van der Waals surface area (Å²) in [7, 11) is 0. The summed E-state index contributed by atoms with van der Waals surface area (Å²) in [6.07, 6.45) is -0.326. The van der Waals surface area contributed by atoms with E-state index in [-0.39, 0.29) is 18.6 Å². The standard InChI is InChI=1S/C39H33N3O3/c43-38(40-26-31-19-12-18-28-13-10-11-22-35(28)31)36-25-34(42-39(44)41-33-20-8-3-9-21-33)24-23-32(36)27-45-37(29-14-4-1-5-15-29)30-16-6-2-7-17-30/h1-25,37H,26-27H2,(H,40,43)(H2,41,42,44). The first kappa shape index (κ1) is 29.4. The first-order chi connectivity index (χ1) is 22.1. The van der Waals surface area contributed by atoms with Crippen LogP contribution in [-0.2, 0) is 17.9 Å². The highest BCUT2D eigenvalue weighted by atomic mass is 16.5. The monoisotopic (exact) mass is 591 g/mol. The molecule has 6 rings (SSSR count). The Morgan fingerprint density at radius 3 is 1.89 bits per heavy atom. The normalized spacial score (nSPS) is 10.9. The van der Waals surface area contributed by atoms with Crippen LogP contribution in [0.3, 0.4) is 0 Å². The Morgan fingerprint density at radius 2 is 1.18 bits per heavy atom. The van der Waals surface area contributed by atoms with Gasteiger partial charge in [0.05, 0.1) is 6.61 Å². The predicted molar refractivity (Wildman–Crippen MR) is 180 cm³/mol. The molecule has 3 amide bonds. The van der Waals surface area contributed by atoms with E-state index < -0.39 is 6.03 Å². The van der Waals surface area contributed by atoms with Crippen LogP contribution in [0, 0.1) is 0 Å². The summed E-state index contributed by atoms with van der Waals surface area (Å²) in [4.78, 5) is 26.6. The minimum absolute atomic E-state index is 0.183. The molecule has 0 heterocycles. The van der Waals surface area contributed by atoms with E-state index in [0.717, 1.165) is 27.5 Å². The number of benzene rings is 6. The van der Waals surface area contributed by atoms with Crippen molar-refractivity contribution >= 4 is 34.1 Å². The predicted octanol–water partition coefficient (Wildman–Crippen LogP) is 8.72. The van der Waals surface area contributed by atoms with E-state index in [1.807, 2.05) is 121 Å². The SMILES string of the molecule is O=C(Nc1ccccc1)Nc1ccc(COC(c2ccccc2)c2ccccc2)c(C(=O)NCc2cccc3ccccc23)c1. The zero-order valence-electron chi connectivity index (χ0n) is 24.7. The second-order valence-electron chi connectivity index (χ2n) is 10.7. The highest BCUT2D eigenvalue weighted by Crippen LogP contribution is 2.28. The summed E-state index contributed by atoms with van der Waals surface area (Å²) in [6, 6.07) is 48.3. The lowest BCUT2D eigenvalue weighted by Crippen LogP contribution is -2.25. The Hall–Kier alpha value is -5.72. The minimum atomic E-state index is -0.402. The first-order valence-corrected chi connectivity index (χ1v) is 14.9. The molecular formula is C39H33N3O3. The molecule has 0 saturated carbocycles. The van der Waals surface area contributed by atoms with Crippen molar-refractivity contribution in [1.29, 1.82) is 0 Å². The number of hydrogen-bond acceptors (Lipinski definition) is 3. The van der Waals surface area contributed by atoms with Crippen LogP contribution in [0.25, 0.3) is 10.8 Å². The second kappa shape index (κ2) is 14.2. The quantitative estimate of drug-likeness (QED) is 0.149. The lowest BCUT2D eigenvalue weighted by atomic mass is 10.0. The van der Waals surface area contributed by atoms with Gasteiger partial charge in [-0.2, -0.15) is 0 Å². The van der Waals surface area contributed by atoms with Crippen LogP contribution in [0.1, 0.15) is 38.7 Å². The summed E-state index contributed by atoms with van der Waals surface area (Å²) in [5.41, 5.74) is 5.34. The minimum Gasteiger partial charge on any atom is -0.364 e. The number of anilines is 2. The molecule has 6 heteroatoms. The molecule has 0 spiro atoms. The molecule has 0 aliphatic rings. The largest absolute Gasteiger partial charge is 0.364 e. The van der Waals surface area contributed by atoms with Gasteiger partial charge in [0.15, 0.2) is 0 Å². The lowest BCUT2D eigenvalue weighted by molar-refractivity contribution is 0.0656. The number of hydrogen-bond donors (Lipinski definition) is 3. The van der Waals surface area contributed by atoms with Gasteiger partial charge in [0.25, 0.3) is 5.91 Å². The molecule has 0 fully saturated rings. The maximum absolute atomic E-state index is 13.8. The van der Waals surface area contributed by atoms with E-state index in [4.69, 9.17) is 4.74 Å². The smallest absolute Gasteiger partial charge is 0.323 e. The Labute approximate surface area is 262 Å².